The summed E-state index contributed by atoms with van der Waals surface area (Å²) in [4.78, 5) is 1.14. The lowest BCUT2D eigenvalue weighted by Gasteiger charge is -2.05. The van der Waals surface area contributed by atoms with Crippen molar-refractivity contribution in [3.05, 3.63) is 22.7 Å². The summed E-state index contributed by atoms with van der Waals surface area (Å²) in [5.74, 6) is 1.04. The van der Waals surface area contributed by atoms with Crippen molar-refractivity contribution in [2.24, 2.45) is 0 Å². The van der Waals surface area contributed by atoms with E-state index in [9.17, 15) is 0 Å². The van der Waals surface area contributed by atoms with E-state index in [1.807, 2.05) is 19.1 Å². The van der Waals surface area contributed by atoms with Gasteiger partial charge in [0.2, 0.25) is 0 Å². The molecule has 0 aliphatic rings. The molecule has 84 valence electrons. The molecule has 0 bridgehead atoms. The van der Waals surface area contributed by atoms with Crippen LogP contribution in [-0.4, -0.2) is 19.0 Å². The van der Waals surface area contributed by atoms with Crippen LogP contribution in [0.15, 0.2) is 27.6 Å². The maximum Gasteiger partial charge on any atom is 0.0473 e. The normalized spacial score (nSPS) is 10.5. The summed E-state index contributed by atoms with van der Waals surface area (Å²) in [6.07, 6.45) is 1.06. The minimum atomic E-state index is 0.795. The van der Waals surface area contributed by atoms with Gasteiger partial charge in [-0.25, -0.2) is 0 Å². The lowest BCUT2D eigenvalue weighted by Crippen LogP contribution is -1.95. The second-order valence-electron chi connectivity index (χ2n) is 3.08. The fourth-order valence-corrected chi connectivity index (χ4v) is 2.56. The topological polar surface area (TPSA) is 35.2 Å². The van der Waals surface area contributed by atoms with Crippen molar-refractivity contribution in [3.8, 4) is 0 Å². The van der Waals surface area contributed by atoms with Crippen molar-refractivity contribution in [1.82, 2.24) is 0 Å². The van der Waals surface area contributed by atoms with Gasteiger partial charge in [0.15, 0.2) is 0 Å². The lowest BCUT2D eigenvalue weighted by atomic mass is 10.3. The van der Waals surface area contributed by atoms with Gasteiger partial charge in [-0.15, -0.1) is 11.8 Å². The highest BCUT2D eigenvalue weighted by Gasteiger charge is 2.00. The molecule has 2 nitrogen and oxygen atoms in total. The van der Waals surface area contributed by atoms with Crippen molar-refractivity contribution >= 4 is 33.4 Å². The smallest absolute Gasteiger partial charge is 0.0473 e. The predicted molar refractivity (Wildman–Crippen MR) is 70.4 cm³/mol. The third kappa shape index (κ3) is 4.91. The summed E-state index contributed by atoms with van der Waals surface area (Å²) in [5.41, 5.74) is 6.70. The number of thioether (sulfide) groups is 1. The Morgan fingerprint density at radius 3 is 3.00 bits per heavy atom. The predicted octanol–water partition coefficient (Wildman–Crippen LogP) is 3.55. The minimum Gasteiger partial charge on any atom is -0.398 e. The minimum absolute atomic E-state index is 0.795. The number of hydrogen-bond donors (Lipinski definition) is 1. The lowest BCUT2D eigenvalue weighted by molar-refractivity contribution is 0.149. The molecule has 0 aliphatic carbocycles. The van der Waals surface area contributed by atoms with Gasteiger partial charge < -0.3 is 10.5 Å². The zero-order chi connectivity index (χ0) is 11.1. The van der Waals surface area contributed by atoms with Crippen molar-refractivity contribution in [1.29, 1.82) is 0 Å². The number of anilines is 1. The average molecular weight is 290 g/mol. The standard InChI is InChI=1S/C11H16BrNOS/c1-2-14-6-3-7-15-11-8-9(12)4-5-10(11)13/h4-5,8H,2-3,6-7,13H2,1H3. The molecule has 0 heterocycles. The van der Waals surface area contributed by atoms with Crippen LogP contribution in [-0.2, 0) is 4.74 Å². The third-order valence-corrected chi connectivity index (χ3v) is 3.52. The van der Waals surface area contributed by atoms with Crippen molar-refractivity contribution in [2.75, 3.05) is 24.7 Å². The monoisotopic (exact) mass is 289 g/mol. The Kier molecular flexibility index (Phi) is 6.13. The molecular weight excluding hydrogens is 274 g/mol. The molecule has 0 atom stereocenters. The Hall–Kier alpha value is -0.190. The quantitative estimate of drug-likeness (QED) is 0.494. The first-order valence-corrected chi connectivity index (χ1v) is 6.77. The van der Waals surface area contributed by atoms with E-state index >= 15 is 0 Å². The van der Waals surface area contributed by atoms with E-state index in [1.54, 1.807) is 11.8 Å². The number of nitrogens with two attached hydrogens (primary N) is 1. The van der Waals surface area contributed by atoms with Crippen LogP contribution in [0.5, 0.6) is 0 Å². The SMILES string of the molecule is CCOCCCSc1cc(Br)ccc1N. The van der Waals surface area contributed by atoms with Gasteiger partial charge in [-0.1, -0.05) is 15.9 Å². The van der Waals surface area contributed by atoms with Crippen molar-refractivity contribution in [2.45, 2.75) is 18.2 Å². The molecule has 0 radical (unpaired) electrons. The Morgan fingerprint density at radius 2 is 2.27 bits per heavy atom. The first-order chi connectivity index (χ1) is 7.24. The third-order valence-electron chi connectivity index (χ3n) is 1.87. The number of halogens is 1. The van der Waals surface area contributed by atoms with E-state index in [1.165, 1.54) is 0 Å². The Labute approximate surface area is 104 Å². The molecule has 4 heteroatoms. The summed E-state index contributed by atoms with van der Waals surface area (Å²) in [5, 5.41) is 0. The highest BCUT2D eigenvalue weighted by molar-refractivity contribution is 9.10. The van der Waals surface area contributed by atoms with Crippen LogP contribution in [0.3, 0.4) is 0 Å². The van der Waals surface area contributed by atoms with E-state index in [-0.39, 0.29) is 0 Å². The molecule has 2 N–H and O–H groups in total. The molecule has 1 aromatic carbocycles. The Bertz CT molecular complexity index is 307. The molecule has 0 spiro atoms. The Balaban J connectivity index is 2.33. The largest absolute Gasteiger partial charge is 0.398 e. The van der Waals surface area contributed by atoms with Crippen LogP contribution in [0, 0.1) is 0 Å². The van der Waals surface area contributed by atoms with Gasteiger partial charge in [-0.05, 0) is 31.5 Å². The van der Waals surface area contributed by atoms with Crippen LogP contribution in [0.4, 0.5) is 5.69 Å². The van der Waals surface area contributed by atoms with Crippen molar-refractivity contribution < 1.29 is 4.74 Å². The molecule has 0 saturated carbocycles. The maximum atomic E-state index is 5.86. The molecule has 1 rings (SSSR count). The van der Waals surface area contributed by atoms with Crippen LogP contribution < -0.4 is 5.73 Å². The van der Waals surface area contributed by atoms with E-state index in [0.717, 1.165) is 40.4 Å². The van der Waals surface area contributed by atoms with Gasteiger partial charge in [-0.2, -0.15) is 0 Å². The van der Waals surface area contributed by atoms with E-state index in [4.69, 9.17) is 10.5 Å². The molecule has 0 aliphatic heterocycles. The molecular formula is C11H16BrNOS. The number of benzene rings is 1. The molecule has 1 aromatic rings. The summed E-state index contributed by atoms with van der Waals surface area (Å²) in [6, 6.07) is 5.94. The number of nitrogen functional groups attached to an aromatic ring is 1. The van der Waals surface area contributed by atoms with Gasteiger partial charge in [-0.3, -0.25) is 0 Å². The van der Waals surface area contributed by atoms with E-state index in [0.29, 0.717) is 0 Å². The van der Waals surface area contributed by atoms with Crippen LogP contribution in [0.1, 0.15) is 13.3 Å². The molecule has 0 fully saturated rings. The molecule has 0 amide bonds. The van der Waals surface area contributed by atoms with Gasteiger partial charge in [0, 0.05) is 34.0 Å². The summed E-state index contributed by atoms with van der Waals surface area (Å²) in [6.45, 7) is 3.64. The second-order valence-corrected chi connectivity index (χ2v) is 5.13. The highest BCUT2D eigenvalue weighted by Crippen LogP contribution is 2.28. The number of rotatable bonds is 6. The fourth-order valence-electron chi connectivity index (χ4n) is 1.12. The highest BCUT2D eigenvalue weighted by atomic mass is 79.9. The first-order valence-electron chi connectivity index (χ1n) is 4.99. The molecule has 0 aromatic heterocycles. The molecule has 15 heavy (non-hydrogen) atoms. The van der Waals surface area contributed by atoms with E-state index in [2.05, 4.69) is 22.0 Å². The van der Waals surface area contributed by atoms with Crippen LogP contribution in [0.2, 0.25) is 0 Å². The van der Waals surface area contributed by atoms with Gasteiger partial charge >= 0.3 is 0 Å². The summed E-state index contributed by atoms with van der Waals surface area (Å²) >= 11 is 5.21. The number of ether oxygens (including phenoxy) is 1. The Morgan fingerprint density at radius 1 is 1.47 bits per heavy atom. The zero-order valence-electron chi connectivity index (χ0n) is 8.83. The van der Waals surface area contributed by atoms with Crippen molar-refractivity contribution in [3.63, 3.8) is 0 Å². The first kappa shape index (κ1) is 12.9. The average Bonchev–Trinajstić information content (AvgIpc) is 2.23. The molecule has 0 saturated heterocycles. The summed E-state index contributed by atoms with van der Waals surface area (Å²) in [7, 11) is 0. The number of hydrogen-bond acceptors (Lipinski definition) is 3. The fraction of sp³-hybridized carbons (Fsp3) is 0.455. The molecule has 0 unspecified atom stereocenters. The van der Waals surface area contributed by atoms with Gasteiger partial charge in [0.25, 0.3) is 0 Å². The van der Waals surface area contributed by atoms with Gasteiger partial charge in [0.1, 0.15) is 0 Å². The van der Waals surface area contributed by atoms with Crippen LogP contribution >= 0.6 is 27.7 Å². The van der Waals surface area contributed by atoms with Crippen LogP contribution in [0.25, 0.3) is 0 Å². The summed E-state index contributed by atoms with van der Waals surface area (Å²) < 4.78 is 6.34. The second kappa shape index (κ2) is 7.14. The van der Waals surface area contributed by atoms with E-state index < -0.39 is 0 Å². The van der Waals surface area contributed by atoms with Gasteiger partial charge in [0.05, 0.1) is 0 Å². The zero-order valence-corrected chi connectivity index (χ0v) is 11.2. The maximum absolute atomic E-state index is 5.86.